The average molecular weight is 171 g/mol. The molecule has 0 aromatic rings. The van der Waals surface area contributed by atoms with Crippen LogP contribution in [0, 0.1) is 0 Å². The van der Waals surface area contributed by atoms with E-state index in [1.807, 2.05) is 0 Å². The highest BCUT2D eigenvalue weighted by atomic mass is 16.2. The molecule has 1 fully saturated rings. The fourth-order valence-electron chi connectivity index (χ4n) is 1.16. The van der Waals surface area contributed by atoms with Crippen molar-refractivity contribution in [3.8, 4) is 0 Å². The first-order valence-corrected chi connectivity index (χ1v) is 4.52. The zero-order chi connectivity index (χ0) is 8.97. The summed E-state index contributed by atoms with van der Waals surface area (Å²) in [5.74, 6) is 0. The van der Waals surface area contributed by atoms with Crippen LogP contribution >= 0.6 is 0 Å². The molecule has 0 aliphatic carbocycles. The summed E-state index contributed by atoms with van der Waals surface area (Å²) in [6.07, 6.45) is 2.16. The van der Waals surface area contributed by atoms with Crippen LogP contribution in [0.2, 0.25) is 0 Å². The minimum Gasteiger partial charge on any atom is -0.338 e. The van der Waals surface area contributed by atoms with Crippen LogP contribution in [0.1, 0.15) is 19.8 Å². The first-order valence-electron chi connectivity index (χ1n) is 4.52. The number of rotatable bonds is 3. The molecule has 0 aromatic heterocycles. The molecule has 4 nitrogen and oxygen atoms in total. The molecule has 4 heteroatoms. The third-order valence-electron chi connectivity index (χ3n) is 2.00. The molecule has 1 aliphatic rings. The number of urea groups is 1. The molecule has 1 saturated heterocycles. The third-order valence-corrected chi connectivity index (χ3v) is 2.00. The van der Waals surface area contributed by atoms with Crippen LogP contribution in [0.5, 0.6) is 0 Å². The summed E-state index contributed by atoms with van der Waals surface area (Å²) < 4.78 is 0. The molecule has 2 amide bonds. The van der Waals surface area contributed by atoms with E-state index in [0.29, 0.717) is 13.1 Å². The van der Waals surface area contributed by atoms with Gasteiger partial charge in [-0.15, -0.1) is 0 Å². The van der Waals surface area contributed by atoms with Crippen molar-refractivity contribution in [1.82, 2.24) is 10.2 Å². The van der Waals surface area contributed by atoms with Crippen molar-refractivity contribution in [2.75, 3.05) is 19.6 Å². The molecule has 0 atom stereocenters. The smallest absolute Gasteiger partial charge is 0.317 e. The van der Waals surface area contributed by atoms with E-state index in [1.165, 1.54) is 0 Å². The van der Waals surface area contributed by atoms with Gasteiger partial charge in [0.15, 0.2) is 0 Å². The second kappa shape index (κ2) is 4.30. The predicted molar refractivity (Wildman–Crippen MR) is 47.9 cm³/mol. The maximum absolute atomic E-state index is 11.2. The lowest BCUT2D eigenvalue weighted by atomic mass is 10.1. The molecule has 0 saturated carbocycles. The Morgan fingerprint density at radius 2 is 2.33 bits per heavy atom. The van der Waals surface area contributed by atoms with Crippen LogP contribution in [0.4, 0.5) is 4.79 Å². The molecule has 3 N–H and O–H groups in total. The molecule has 1 heterocycles. The monoisotopic (exact) mass is 171 g/mol. The maximum atomic E-state index is 11.2. The molecule has 0 unspecified atom stereocenters. The van der Waals surface area contributed by atoms with Gasteiger partial charge >= 0.3 is 6.03 Å². The number of carbonyl (C=O) groups is 1. The van der Waals surface area contributed by atoms with Gasteiger partial charge in [0.2, 0.25) is 0 Å². The lowest BCUT2D eigenvalue weighted by Gasteiger charge is -2.36. The van der Waals surface area contributed by atoms with E-state index < -0.39 is 0 Å². The van der Waals surface area contributed by atoms with E-state index in [0.717, 1.165) is 19.4 Å². The van der Waals surface area contributed by atoms with Gasteiger partial charge in [0, 0.05) is 25.7 Å². The average Bonchev–Trinajstić information content (AvgIpc) is 1.99. The van der Waals surface area contributed by atoms with Crippen LogP contribution in [-0.4, -0.2) is 36.6 Å². The van der Waals surface area contributed by atoms with Gasteiger partial charge in [-0.05, 0) is 6.42 Å². The highest BCUT2D eigenvalue weighted by molar-refractivity contribution is 5.75. The van der Waals surface area contributed by atoms with Crippen LogP contribution in [0.3, 0.4) is 0 Å². The number of nitrogens with one attached hydrogen (secondary N) is 1. The fourth-order valence-corrected chi connectivity index (χ4v) is 1.16. The summed E-state index contributed by atoms with van der Waals surface area (Å²) in [6, 6.07) is 0.229. The van der Waals surface area contributed by atoms with Crippen molar-refractivity contribution in [2.24, 2.45) is 5.73 Å². The Morgan fingerprint density at radius 1 is 1.67 bits per heavy atom. The van der Waals surface area contributed by atoms with Crippen LogP contribution in [0.25, 0.3) is 0 Å². The predicted octanol–water partition coefficient (Wildman–Crippen LogP) is 0.139. The maximum Gasteiger partial charge on any atom is 0.317 e. The fraction of sp³-hybridized carbons (Fsp3) is 0.875. The molecule has 70 valence electrons. The zero-order valence-corrected chi connectivity index (χ0v) is 7.55. The van der Waals surface area contributed by atoms with Gasteiger partial charge in [0.25, 0.3) is 0 Å². The normalized spacial score (nSPS) is 17.3. The summed E-state index contributed by atoms with van der Waals surface area (Å²) in [4.78, 5) is 12.9. The summed E-state index contributed by atoms with van der Waals surface area (Å²) in [6.45, 7) is 4.29. The third kappa shape index (κ3) is 2.37. The van der Waals surface area contributed by atoms with Gasteiger partial charge in [-0.1, -0.05) is 13.3 Å². The highest BCUT2D eigenvalue weighted by Gasteiger charge is 2.26. The number of carbonyl (C=O) groups excluding carboxylic acids is 1. The Kier molecular flexibility index (Phi) is 3.34. The number of unbranched alkanes of at least 4 members (excludes halogenated alkanes) is 1. The first kappa shape index (κ1) is 9.32. The molecule has 12 heavy (non-hydrogen) atoms. The second-order valence-electron chi connectivity index (χ2n) is 3.25. The van der Waals surface area contributed by atoms with Gasteiger partial charge in [0.1, 0.15) is 0 Å². The largest absolute Gasteiger partial charge is 0.338 e. The number of likely N-dealkylation sites (tertiary alicyclic amines) is 1. The standard InChI is InChI=1S/C8H17N3O/c1-2-3-4-10-8(12)11-5-7(9)6-11/h7H,2-6,9H2,1H3,(H,10,12). The van der Waals surface area contributed by atoms with Gasteiger partial charge in [-0.3, -0.25) is 0 Å². The quantitative estimate of drug-likeness (QED) is 0.593. The number of nitrogens with zero attached hydrogens (tertiary/aromatic N) is 1. The number of hydrogen-bond acceptors (Lipinski definition) is 2. The lowest BCUT2D eigenvalue weighted by molar-refractivity contribution is 0.152. The molecule has 0 bridgehead atoms. The Morgan fingerprint density at radius 3 is 2.83 bits per heavy atom. The van der Waals surface area contributed by atoms with Crippen LogP contribution in [0.15, 0.2) is 0 Å². The molecule has 1 rings (SSSR count). The summed E-state index contributed by atoms with van der Waals surface area (Å²) in [5.41, 5.74) is 5.54. The molecule has 1 aliphatic heterocycles. The number of nitrogens with two attached hydrogens (primary N) is 1. The van der Waals surface area contributed by atoms with Crippen molar-refractivity contribution in [2.45, 2.75) is 25.8 Å². The molecular formula is C8H17N3O. The van der Waals surface area contributed by atoms with E-state index in [9.17, 15) is 4.79 Å². The van der Waals surface area contributed by atoms with Crippen molar-refractivity contribution in [1.29, 1.82) is 0 Å². The summed E-state index contributed by atoms with van der Waals surface area (Å²) in [7, 11) is 0. The Bertz CT molecular complexity index is 154. The van der Waals surface area contributed by atoms with Gasteiger partial charge in [-0.25, -0.2) is 4.79 Å². The van der Waals surface area contributed by atoms with Gasteiger partial charge in [-0.2, -0.15) is 0 Å². The Labute approximate surface area is 73.1 Å². The summed E-state index contributed by atoms with van der Waals surface area (Å²) >= 11 is 0. The molecule has 0 spiro atoms. The van der Waals surface area contributed by atoms with E-state index in [4.69, 9.17) is 5.73 Å². The minimum atomic E-state index is 0.0325. The molecule has 0 radical (unpaired) electrons. The lowest BCUT2D eigenvalue weighted by Crippen LogP contribution is -2.60. The van der Waals surface area contributed by atoms with Crippen molar-refractivity contribution in [3.05, 3.63) is 0 Å². The van der Waals surface area contributed by atoms with Crippen LogP contribution in [-0.2, 0) is 0 Å². The van der Waals surface area contributed by atoms with Crippen molar-refractivity contribution < 1.29 is 4.79 Å². The van der Waals surface area contributed by atoms with Crippen LogP contribution < -0.4 is 11.1 Å². The van der Waals surface area contributed by atoms with Gasteiger partial charge in [0.05, 0.1) is 0 Å². The highest BCUT2D eigenvalue weighted by Crippen LogP contribution is 2.04. The Balaban J connectivity index is 2.04. The van der Waals surface area contributed by atoms with E-state index in [-0.39, 0.29) is 12.1 Å². The topological polar surface area (TPSA) is 58.4 Å². The molecule has 0 aromatic carbocycles. The number of amides is 2. The van der Waals surface area contributed by atoms with E-state index >= 15 is 0 Å². The molecular weight excluding hydrogens is 154 g/mol. The number of hydrogen-bond donors (Lipinski definition) is 2. The SMILES string of the molecule is CCCCNC(=O)N1CC(N)C1. The van der Waals surface area contributed by atoms with E-state index in [2.05, 4.69) is 12.2 Å². The van der Waals surface area contributed by atoms with Gasteiger partial charge < -0.3 is 16.0 Å². The first-order chi connectivity index (χ1) is 5.74. The zero-order valence-electron chi connectivity index (χ0n) is 7.55. The minimum absolute atomic E-state index is 0.0325. The second-order valence-corrected chi connectivity index (χ2v) is 3.25. The van der Waals surface area contributed by atoms with Crippen molar-refractivity contribution in [3.63, 3.8) is 0 Å². The summed E-state index contributed by atoms with van der Waals surface area (Å²) in [5, 5.41) is 2.84. The Hall–Kier alpha value is -0.770. The van der Waals surface area contributed by atoms with Crippen molar-refractivity contribution >= 4 is 6.03 Å². The van der Waals surface area contributed by atoms with E-state index in [1.54, 1.807) is 4.90 Å².